The first-order valence-corrected chi connectivity index (χ1v) is 10.0. The second-order valence-corrected chi connectivity index (χ2v) is 7.95. The van der Waals surface area contributed by atoms with Crippen molar-refractivity contribution in [2.45, 2.75) is 26.2 Å². The Morgan fingerprint density at radius 1 is 1.25 bits per heavy atom. The van der Waals surface area contributed by atoms with Gasteiger partial charge in [0.25, 0.3) is 0 Å². The number of pyridine rings is 1. The molecule has 28 heavy (non-hydrogen) atoms. The Hall–Kier alpha value is -2.66. The van der Waals surface area contributed by atoms with E-state index >= 15 is 0 Å². The molecule has 3 N–H and O–H groups in total. The number of ether oxygens (including phenoxy) is 1. The van der Waals surface area contributed by atoms with E-state index in [1.165, 1.54) is 24.6 Å². The van der Waals surface area contributed by atoms with Gasteiger partial charge in [0.1, 0.15) is 5.75 Å². The Labute approximate surface area is 166 Å². The van der Waals surface area contributed by atoms with E-state index in [2.05, 4.69) is 34.6 Å². The number of allylic oxidation sites excluding steroid dienone is 2. The SMILES string of the molecule is Cc1cc(CCNCC2CC3C=CC2C3)ccc1Oc1ccc(C(N)=O)cn1. The Bertz CT molecular complexity index is 876. The molecule has 5 heteroatoms. The van der Waals surface area contributed by atoms with Crippen molar-refractivity contribution in [3.05, 3.63) is 65.4 Å². The molecule has 0 radical (unpaired) electrons. The average Bonchev–Trinajstić information content (AvgIpc) is 3.31. The zero-order valence-corrected chi connectivity index (χ0v) is 16.2. The van der Waals surface area contributed by atoms with Crippen LogP contribution in [0.25, 0.3) is 0 Å². The number of primary amides is 1. The molecular formula is C23H27N3O2. The van der Waals surface area contributed by atoms with Gasteiger partial charge < -0.3 is 15.8 Å². The third kappa shape index (κ3) is 4.25. The van der Waals surface area contributed by atoms with Gasteiger partial charge in [-0.15, -0.1) is 0 Å². The van der Waals surface area contributed by atoms with Crippen LogP contribution >= 0.6 is 0 Å². The van der Waals surface area contributed by atoms with E-state index in [0.29, 0.717) is 11.4 Å². The van der Waals surface area contributed by atoms with E-state index in [4.69, 9.17) is 10.5 Å². The molecule has 1 heterocycles. The first-order chi connectivity index (χ1) is 13.6. The summed E-state index contributed by atoms with van der Waals surface area (Å²) in [4.78, 5) is 15.2. The van der Waals surface area contributed by atoms with E-state index < -0.39 is 5.91 Å². The molecule has 0 aliphatic heterocycles. The number of amides is 1. The molecule has 2 aliphatic carbocycles. The van der Waals surface area contributed by atoms with Crippen LogP contribution in [0.5, 0.6) is 11.6 Å². The van der Waals surface area contributed by atoms with Crippen LogP contribution in [0.1, 0.15) is 34.3 Å². The molecule has 3 unspecified atom stereocenters. The number of nitrogens with two attached hydrogens (primary N) is 1. The summed E-state index contributed by atoms with van der Waals surface area (Å²) in [7, 11) is 0. The Balaban J connectivity index is 1.26. The maximum absolute atomic E-state index is 11.1. The van der Waals surface area contributed by atoms with Gasteiger partial charge in [0.15, 0.2) is 0 Å². The van der Waals surface area contributed by atoms with Crippen molar-refractivity contribution in [1.82, 2.24) is 10.3 Å². The molecule has 1 saturated carbocycles. The first-order valence-electron chi connectivity index (χ1n) is 10.0. The number of nitrogens with one attached hydrogen (secondary N) is 1. The maximum Gasteiger partial charge on any atom is 0.250 e. The number of hydrogen-bond acceptors (Lipinski definition) is 4. The second kappa shape index (κ2) is 8.15. The fraction of sp³-hybridized carbons (Fsp3) is 0.391. The summed E-state index contributed by atoms with van der Waals surface area (Å²) in [5.41, 5.74) is 7.96. The number of rotatable bonds is 8. The summed E-state index contributed by atoms with van der Waals surface area (Å²) < 4.78 is 5.83. The number of aryl methyl sites for hydroxylation is 1. The minimum absolute atomic E-state index is 0.369. The summed E-state index contributed by atoms with van der Waals surface area (Å²) in [5, 5.41) is 3.64. The van der Waals surface area contributed by atoms with Gasteiger partial charge in [0, 0.05) is 12.3 Å². The highest BCUT2D eigenvalue weighted by Gasteiger charge is 2.34. The monoisotopic (exact) mass is 377 g/mol. The summed E-state index contributed by atoms with van der Waals surface area (Å²) >= 11 is 0. The summed E-state index contributed by atoms with van der Waals surface area (Å²) in [6, 6.07) is 9.51. The van der Waals surface area contributed by atoms with Crippen molar-refractivity contribution in [2.24, 2.45) is 23.5 Å². The number of nitrogens with zero attached hydrogens (tertiary/aromatic N) is 1. The third-order valence-corrected chi connectivity index (χ3v) is 5.89. The van der Waals surface area contributed by atoms with Gasteiger partial charge in [-0.2, -0.15) is 0 Å². The van der Waals surface area contributed by atoms with Crippen LogP contribution in [0, 0.1) is 24.7 Å². The second-order valence-electron chi connectivity index (χ2n) is 7.95. The predicted octanol–water partition coefficient (Wildman–Crippen LogP) is 3.63. The van der Waals surface area contributed by atoms with Gasteiger partial charge >= 0.3 is 0 Å². The molecule has 146 valence electrons. The van der Waals surface area contributed by atoms with Gasteiger partial charge in [-0.3, -0.25) is 4.79 Å². The fourth-order valence-electron chi connectivity index (χ4n) is 4.33. The topological polar surface area (TPSA) is 77.2 Å². The molecule has 4 rings (SSSR count). The molecule has 0 saturated heterocycles. The number of carbonyl (C=O) groups excluding carboxylic acids is 1. The van der Waals surface area contributed by atoms with Crippen LogP contribution in [0.3, 0.4) is 0 Å². The van der Waals surface area contributed by atoms with Crippen LogP contribution in [0.4, 0.5) is 0 Å². The van der Waals surface area contributed by atoms with Crippen LogP contribution in [0.2, 0.25) is 0 Å². The maximum atomic E-state index is 11.1. The van der Waals surface area contributed by atoms with Crippen LogP contribution in [-0.2, 0) is 6.42 Å². The average molecular weight is 377 g/mol. The standard InChI is InChI=1S/C23H27N3O2/c1-15-10-16(8-9-25-13-20-12-17-2-4-18(20)11-17)3-6-21(15)28-22-7-5-19(14-26-22)23(24)27/h2-7,10,14,17-18,20,25H,8-9,11-13H2,1H3,(H2,24,27). The third-order valence-electron chi connectivity index (χ3n) is 5.89. The highest BCUT2D eigenvalue weighted by Crippen LogP contribution is 2.42. The lowest BCUT2D eigenvalue weighted by Crippen LogP contribution is -2.27. The Kier molecular flexibility index (Phi) is 5.44. The largest absolute Gasteiger partial charge is 0.439 e. The zero-order valence-electron chi connectivity index (χ0n) is 16.2. The highest BCUT2D eigenvalue weighted by molar-refractivity contribution is 5.92. The number of benzene rings is 1. The van der Waals surface area contributed by atoms with Crippen LogP contribution < -0.4 is 15.8 Å². The lowest BCUT2D eigenvalue weighted by Gasteiger charge is -2.18. The minimum atomic E-state index is -0.495. The van der Waals surface area contributed by atoms with Crippen molar-refractivity contribution in [3.63, 3.8) is 0 Å². The Morgan fingerprint density at radius 2 is 2.14 bits per heavy atom. The van der Waals surface area contributed by atoms with Crippen molar-refractivity contribution in [1.29, 1.82) is 0 Å². The first kappa shape index (κ1) is 18.7. The molecule has 5 nitrogen and oxygen atoms in total. The molecule has 1 amide bonds. The van der Waals surface area contributed by atoms with E-state index in [1.54, 1.807) is 12.1 Å². The smallest absolute Gasteiger partial charge is 0.250 e. The quantitative estimate of drug-likeness (QED) is 0.544. The Morgan fingerprint density at radius 3 is 2.79 bits per heavy atom. The zero-order chi connectivity index (χ0) is 19.5. The van der Waals surface area contributed by atoms with Gasteiger partial charge in [-0.25, -0.2) is 4.98 Å². The molecular weight excluding hydrogens is 350 g/mol. The number of carbonyl (C=O) groups is 1. The minimum Gasteiger partial charge on any atom is -0.439 e. The lowest BCUT2D eigenvalue weighted by molar-refractivity contribution is 0.1000. The van der Waals surface area contributed by atoms with Crippen molar-refractivity contribution >= 4 is 5.91 Å². The molecule has 1 aromatic heterocycles. The molecule has 1 aromatic carbocycles. The van der Waals surface area contributed by atoms with Crippen LogP contribution in [-0.4, -0.2) is 24.0 Å². The van der Waals surface area contributed by atoms with Crippen molar-refractivity contribution in [3.8, 4) is 11.6 Å². The fourth-order valence-corrected chi connectivity index (χ4v) is 4.33. The number of fused-ring (bicyclic) bond motifs is 2. The van der Waals surface area contributed by atoms with E-state index in [0.717, 1.165) is 48.6 Å². The van der Waals surface area contributed by atoms with Gasteiger partial charge in [-0.1, -0.05) is 24.3 Å². The van der Waals surface area contributed by atoms with Crippen molar-refractivity contribution in [2.75, 3.05) is 13.1 Å². The lowest BCUT2D eigenvalue weighted by atomic mass is 9.93. The highest BCUT2D eigenvalue weighted by atomic mass is 16.5. The molecule has 1 fully saturated rings. The number of hydrogen-bond donors (Lipinski definition) is 2. The molecule has 2 aliphatic rings. The van der Waals surface area contributed by atoms with Gasteiger partial charge in [-0.05, 0) is 80.3 Å². The van der Waals surface area contributed by atoms with E-state index in [1.807, 2.05) is 13.0 Å². The number of aromatic nitrogens is 1. The molecule has 2 aromatic rings. The molecule has 0 spiro atoms. The van der Waals surface area contributed by atoms with E-state index in [9.17, 15) is 4.79 Å². The molecule has 3 atom stereocenters. The summed E-state index contributed by atoms with van der Waals surface area (Å²) in [6.45, 7) is 4.15. The van der Waals surface area contributed by atoms with Crippen LogP contribution in [0.15, 0.2) is 48.7 Å². The van der Waals surface area contributed by atoms with Crippen molar-refractivity contribution < 1.29 is 9.53 Å². The summed E-state index contributed by atoms with van der Waals surface area (Å²) in [6.07, 6.45) is 9.97. The summed E-state index contributed by atoms with van der Waals surface area (Å²) in [5.74, 6) is 3.19. The van der Waals surface area contributed by atoms with Gasteiger partial charge in [0.2, 0.25) is 11.8 Å². The van der Waals surface area contributed by atoms with E-state index in [-0.39, 0.29) is 0 Å². The van der Waals surface area contributed by atoms with Gasteiger partial charge in [0.05, 0.1) is 5.56 Å². The predicted molar refractivity (Wildman–Crippen MR) is 109 cm³/mol. The molecule has 2 bridgehead atoms. The normalized spacial score (nSPS) is 22.5.